The zero-order chi connectivity index (χ0) is 15.3. The highest BCUT2D eigenvalue weighted by atomic mass is 16.5. The van der Waals surface area contributed by atoms with Crippen molar-refractivity contribution in [3.05, 3.63) is 0 Å². The maximum absolute atomic E-state index is 11.6. The number of carboxylic acids is 1. The van der Waals surface area contributed by atoms with Gasteiger partial charge in [-0.3, -0.25) is 4.79 Å². The number of carbonyl (C=O) groups is 1. The minimum absolute atomic E-state index is 0.214. The molecule has 0 aromatic heterocycles. The number of aliphatic hydroxyl groups is 1. The minimum Gasteiger partial charge on any atom is -0.481 e. The molecule has 0 radical (unpaired) electrons. The fraction of sp³-hybridized carbons (Fsp3) is 0.933. The standard InChI is InChI=1S/C15H27NO5/c1-11(12-3-2-6-21-10-12)16-9-13(17)15(14(18)19)4-7-20-8-5-15/h11-13,16-17H,2-10H2,1H3,(H,18,19). The Balaban J connectivity index is 1.86. The van der Waals surface area contributed by atoms with Gasteiger partial charge in [0.1, 0.15) is 0 Å². The van der Waals surface area contributed by atoms with Gasteiger partial charge in [-0.25, -0.2) is 0 Å². The van der Waals surface area contributed by atoms with Crippen LogP contribution in [0, 0.1) is 11.3 Å². The molecule has 6 nitrogen and oxygen atoms in total. The van der Waals surface area contributed by atoms with Gasteiger partial charge in [0.05, 0.1) is 18.1 Å². The molecule has 3 N–H and O–H groups in total. The number of aliphatic hydroxyl groups excluding tert-OH is 1. The second kappa shape index (κ2) is 7.54. The van der Waals surface area contributed by atoms with Crippen LogP contribution in [0.3, 0.4) is 0 Å². The summed E-state index contributed by atoms with van der Waals surface area (Å²) < 4.78 is 10.7. The molecular formula is C15H27NO5. The highest BCUT2D eigenvalue weighted by Crippen LogP contribution is 2.34. The summed E-state index contributed by atoms with van der Waals surface area (Å²) in [5.74, 6) is -0.491. The molecule has 0 saturated carbocycles. The van der Waals surface area contributed by atoms with Gasteiger partial charge in [0.2, 0.25) is 0 Å². The molecule has 21 heavy (non-hydrogen) atoms. The first-order chi connectivity index (χ1) is 10.1. The van der Waals surface area contributed by atoms with Crippen molar-refractivity contribution in [1.29, 1.82) is 0 Å². The molecule has 2 heterocycles. The second-order valence-corrected chi connectivity index (χ2v) is 6.26. The van der Waals surface area contributed by atoms with Crippen molar-refractivity contribution in [3.8, 4) is 0 Å². The predicted molar refractivity (Wildman–Crippen MR) is 77.1 cm³/mol. The lowest BCUT2D eigenvalue weighted by atomic mass is 9.75. The molecule has 0 bridgehead atoms. The third kappa shape index (κ3) is 3.94. The molecule has 0 amide bonds. The SMILES string of the molecule is CC(NCC(O)C1(C(=O)O)CCOCC1)C1CCCOC1. The number of hydrogen-bond donors (Lipinski definition) is 3. The van der Waals surface area contributed by atoms with Gasteiger partial charge in [0, 0.05) is 32.4 Å². The first kappa shape index (κ1) is 16.7. The van der Waals surface area contributed by atoms with E-state index in [0.29, 0.717) is 38.5 Å². The molecule has 6 heteroatoms. The van der Waals surface area contributed by atoms with Gasteiger partial charge in [0.15, 0.2) is 0 Å². The number of aliphatic carboxylic acids is 1. The second-order valence-electron chi connectivity index (χ2n) is 6.26. The van der Waals surface area contributed by atoms with E-state index in [4.69, 9.17) is 9.47 Å². The minimum atomic E-state index is -1.08. The summed E-state index contributed by atoms with van der Waals surface area (Å²) in [6.07, 6.45) is 2.02. The first-order valence-corrected chi connectivity index (χ1v) is 7.86. The van der Waals surface area contributed by atoms with E-state index in [1.165, 1.54) is 0 Å². The Morgan fingerprint density at radius 1 is 1.33 bits per heavy atom. The Bertz CT molecular complexity index is 337. The van der Waals surface area contributed by atoms with Gasteiger partial charge in [-0.2, -0.15) is 0 Å². The molecule has 0 aromatic carbocycles. The van der Waals surface area contributed by atoms with E-state index in [1.54, 1.807) is 0 Å². The third-order valence-corrected chi connectivity index (χ3v) is 4.98. The number of hydrogen-bond acceptors (Lipinski definition) is 5. The number of carboxylic acid groups (broad SMARTS) is 1. The van der Waals surface area contributed by atoms with Gasteiger partial charge in [-0.05, 0) is 38.5 Å². The highest BCUT2D eigenvalue weighted by molar-refractivity contribution is 5.75. The summed E-state index contributed by atoms with van der Waals surface area (Å²) in [6, 6.07) is 0.214. The summed E-state index contributed by atoms with van der Waals surface area (Å²) in [4.78, 5) is 11.6. The van der Waals surface area contributed by atoms with Crippen molar-refractivity contribution in [3.63, 3.8) is 0 Å². The van der Waals surface area contributed by atoms with Crippen LogP contribution in [0.25, 0.3) is 0 Å². The fourth-order valence-electron chi connectivity index (χ4n) is 3.24. The van der Waals surface area contributed by atoms with Crippen LogP contribution in [-0.2, 0) is 14.3 Å². The lowest BCUT2D eigenvalue weighted by Gasteiger charge is -2.38. The molecule has 2 rings (SSSR count). The van der Waals surface area contributed by atoms with Gasteiger partial charge in [0.25, 0.3) is 0 Å². The Hall–Kier alpha value is -0.690. The van der Waals surface area contributed by atoms with Crippen LogP contribution in [0.2, 0.25) is 0 Å². The van der Waals surface area contributed by atoms with E-state index >= 15 is 0 Å². The molecule has 2 fully saturated rings. The molecule has 2 aliphatic rings. The quantitative estimate of drug-likeness (QED) is 0.667. The van der Waals surface area contributed by atoms with Crippen molar-refractivity contribution in [2.75, 3.05) is 33.0 Å². The predicted octanol–water partition coefficient (Wildman–Crippen LogP) is 0.633. The van der Waals surface area contributed by atoms with Gasteiger partial charge in [-0.1, -0.05) is 0 Å². The summed E-state index contributed by atoms with van der Waals surface area (Å²) in [5, 5.41) is 23.2. The smallest absolute Gasteiger partial charge is 0.312 e. The van der Waals surface area contributed by atoms with E-state index in [1.807, 2.05) is 0 Å². The van der Waals surface area contributed by atoms with Crippen LogP contribution in [0.1, 0.15) is 32.6 Å². The Morgan fingerprint density at radius 2 is 2.05 bits per heavy atom. The molecule has 2 saturated heterocycles. The molecular weight excluding hydrogens is 274 g/mol. The molecule has 0 aliphatic carbocycles. The van der Waals surface area contributed by atoms with Crippen molar-refractivity contribution in [2.24, 2.45) is 11.3 Å². The maximum atomic E-state index is 11.6. The van der Waals surface area contributed by atoms with Crippen LogP contribution in [0.15, 0.2) is 0 Å². The Labute approximate surface area is 125 Å². The van der Waals surface area contributed by atoms with Crippen LogP contribution < -0.4 is 5.32 Å². The topological polar surface area (TPSA) is 88.0 Å². The van der Waals surface area contributed by atoms with Crippen molar-refractivity contribution >= 4 is 5.97 Å². The van der Waals surface area contributed by atoms with E-state index < -0.39 is 17.5 Å². The number of rotatable bonds is 6. The zero-order valence-electron chi connectivity index (χ0n) is 12.7. The number of ether oxygens (including phenoxy) is 2. The fourth-order valence-corrected chi connectivity index (χ4v) is 3.24. The van der Waals surface area contributed by atoms with E-state index in [9.17, 15) is 15.0 Å². The monoisotopic (exact) mass is 301 g/mol. The van der Waals surface area contributed by atoms with Crippen LogP contribution in [0.4, 0.5) is 0 Å². The third-order valence-electron chi connectivity index (χ3n) is 4.98. The average molecular weight is 301 g/mol. The van der Waals surface area contributed by atoms with Crippen LogP contribution in [-0.4, -0.2) is 61.3 Å². The first-order valence-electron chi connectivity index (χ1n) is 7.86. The van der Waals surface area contributed by atoms with Gasteiger partial charge < -0.3 is 25.0 Å². The van der Waals surface area contributed by atoms with E-state index in [2.05, 4.69) is 12.2 Å². The normalized spacial score (nSPS) is 28.8. The highest BCUT2D eigenvalue weighted by Gasteiger charge is 2.46. The lowest BCUT2D eigenvalue weighted by Crippen LogP contribution is -2.52. The summed E-state index contributed by atoms with van der Waals surface area (Å²) in [7, 11) is 0. The molecule has 0 spiro atoms. The summed E-state index contributed by atoms with van der Waals surface area (Å²) in [5.41, 5.74) is -1.08. The van der Waals surface area contributed by atoms with Crippen molar-refractivity contribution in [2.45, 2.75) is 44.8 Å². The summed E-state index contributed by atoms with van der Waals surface area (Å²) >= 11 is 0. The Kier molecular flexibility index (Phi) is 5.98. The van der Waals surface area contributed by atoms with Gasteiger partial charge in [-0.15, -0.1) is 0 Å². The summed E-state index contributed by atoms with van der Waals surface area (Å²) in [6.45, 7) is 4.73. The maximum Gasteiger partial charge on any atom is 0.312 e. The van der Waals surface area contributed by atoms with E-state index in [-0.39, 0.29) is 6.04 Å². The van der Waals surface area contributed by atoms with Crippen molar-refractivity contribution < 1.29 is 24.5 Å². The van der Waals surface area contributed by atoms with E-state index in [0.717, 1.165) is 26.1 Å². The lowest BCUT2D eigenvalue weighted by molar-refractivity contribution is -0.165. The molecule has 122 valence electrons. The van der Waals surface area contributed by atoms with Crippen molar-refractivity contribution in [1.82, 2.24) is 5.32 Å². The Morgan fingerprint density at radius 3 is 2.62 bits per heavy atom. The van der Waals surface area contributed by atoms with Gasteiger partial charge >= 0.3 is 5.97 Å². The average Bonchev–Trinajstić information content (AvgIpc) is 2.53. The largest absolute Gasteiger partial charge is 0.481 e. The zero-order valence-corrected chi connectivity index (χ0v) is 12.7. The molecule has 3 unspecified atom stereocenters. The molecule has 0 aromatic rings. The van der Waals surface area contributed by atoms with Crippen LogP contribution in [0.5, 0.6) is 0 Å². The molecule has 2 aliphatic heterocycles. The van der Waals surface area contributed by atoms with Crippen LogP contribution >= 0.6 is 0 Å². The number of nitrogens with one attached hydrogen (secondary N) is 1. The molecule has 3 atom stereocenters.